The maximum Gasteiger partial charge on any atom is 0.227 e. The first-order valence-electron chi connectivity index (χ1n) is 9.40. The molecule has 0 radical (unpaired) electrons. The van der Waals surface area contributed by atoms with E-state index < -0.39 is 0 Å². The molecule has 0 amide bonds. The first kappa shape index (κ1) is 17.4. The van der Waals surface area contributed by atoms with Crippen LogP contribution in [0.2, 0.25) is 0 Å². The van der Waals surface area contributed by atoms with Crippen molar-refractivity contribution in [3.8, 4) is 0 Å². The minimum absolute atomic E-state index is 0.319. The third-order valence-corrected chi connectivity index (χ3v) is 4.95. The van der Waals surface area contributed by atoms with Gasteiger partial charge >= 0.3 is 0 Å². The molecule has 142 valence electrons. The minimum atomic E-state index is 0.319. The molecule has 27 heavy (non-hydrogen) atoms. The number of hydrogen-bond acceptors (Lipinski definition) is 7. The number of anilines is 2. The standard InChI is InChI=1S/C18H25N9/c1-3-20-15-6-7-21-18(22-15)27-9-4-5-14(11-27)17-24-23-16(25(17)2)12-26-10-8-19-13-26/h6-8,10,13-14H,3-5,9,11-12H2,1-2H3,(H,20,21,22). The van der Waals surface area contributed by atoms with Crippen molar-refractivity contribution in [3.05, 3.63) is 42.6 Å². The lowest BCUT2D eigenvalue weighted by Crippen LogP contribution is -2.36. The summed E-state index contributed by atoms with van der Waals surface area (Å²) in [6.45, 7) is 5.40. The fourth-order valence-electron chi connectivity index (χ4n) is 3.56. The largest absolute Gasteiger partial charge is 0.370 e. The lowest BCUT2D eigenvalue weighted by Gasteiger charge is -2.32. The molecule has 1 unspecified atom stereocenters. The van der Waals surface area contributed by atoms with Crippen LogP contribution in [0.1, 0.15) is 37.3 Å². The summed E-state index contributed by atoms with van der Waals surface area (Å²) < 4.78 is 4.12. The van der Waals surface area contributed by atoms with Crippen LogP contribution >= 0.6 is 0 Å². The van der Waals surface area contributed by atoms with E-state index in [-0.39, 0.29) is 0 Å². The number of piperidine rings is 1. The summed E-state index contributed by atoms with van der Waals surface area (Å²) in [5, 5.41) is 12.2. The molecule has 1 saturated heterocycles. The second-order valence-corrected chi connectivity index (χ2v) is 6.83. The van der Waals surface area contributed by atoms with Gasteiger partial charge in [0.05, 0.1) is 12.9 Å². The average Bonchev–Trinajstić information content (AvgIpc) is 3.33. The van der Waals surface area contributed by atoms with Gasteiger partial charge in [0.2, 0.25) is 5.95 Å². The molecule has 1 fully saturated rings. The van der Waals surface area contributed by atoms with Gasteiger partial charge in [0, 0.05) is 51.2 Å². The van der Waals surface area contributed by atoms with E-state index in [1.807, 2.05) is 30.1 Å². The molecule has 3 aromatic heterocycles. The predicted molar refractivity (Wildman–Crippen MR) is 103 cm³/mol. The Morgan fingerprint density at radius 2 is 2.19 bits per heavy atom. The Hall–Kier alpha value is -2.97. The van der Waals surface area contributed by atoms with Crippen LogP contribution in [-0.2, 0) is 13.6 Å². The topological polar surface area (TPSA) is 89.6 Å². The molecule has 0 bridgehead atoms. The summed E-state index contributed by atoms with van der Waals surface area (Å²) in [5.74, 6) is 3.92. The van der Waals surface area contributed by atoms with Crippen LogP contribution in [0.15, 0.2) is 31.0 Å². The highest BCUT2D eigenvalue weighted by atomic mass is 15.3. The van der Waals surface area contributed by atoms with Crippen LogP contribution in [0.3, 0.4) is 0 Å². The number of nitrogens with one attached hydrogen (secondary N) is 1. The van der Waals surface area contributed by atoms with Gasteiger partial charge in [-0.3, -0.25) is 0 Å². The number of nitrogens with zero attached hydrogens (tertiary/aromatic N) is 8. The second kappa shape index (κ2) is 7.73. The normalized spacial score (nSPS) is 17.3. The zero-order valence-electron chi connectivity index (χ0n) is 15.8. The van der Waals surface area contributed by atoms with Crippen LogP contribution in [0.4, 0.5) is 11.8 Å². The highest BCUT2D eigenvalue weighted by molar-refractivity contribution is 5.41. The Morgan fingerprint density at radius 1 is 1.26 bits per heavy atom. The molecule has 0 spiro atoms. The van der Waals surface area contributed by atoms with Gasteiger partial charge in [-0.05, 0) is 25.8 Å². The summed E-state index contributed by atoms with van der Waals surface area (Å²) >= 11 is 0. The molecular weight excluding hydrogens is 342 g/mol. The van der Waals surface area contributed by atoms with Gasteiger partial charge in [0.25, 0.3) is 0 Å². The maximum atomic E-state index is 4.64. The monoisotopic (exact) mass is 367 g/mol. The molecule has 0 aromatic carbocycles. The summed E-state index contributed by atoms with van der Waals surface area (Å²) in [6, 6.07) is 1.90. The van der Waals surface area contributed by atoms with E-state index in [9.17, 15) is 0 Å². The molecule has 1 atom stereocenters. The van der Waals surface area contributed by atoms with E-state index in [2.05, 4.69) is 46.9 Å². The Kier molecular flexibility index (Phi) is 4.99. The predicted octanol–water partition coefficient (Wildman–Crippen LogP) is 1.67. The van der Waals surface area contributed by atoms with Crippen LogP contribution in [0.25, 0.3) is 0 Å². The van der Waals surface area contributed by atoms with Gasteiger partial charge in [-0.15, -0.1) is 10.2 Å². The molecule has 4 heterocycles. The number of hydrogen-bond donors (Lipinski definition) is 1. The zero-order chi connectivity index (χ0) is 18.6. The van der Waals surface area contributed by atoms with Crippen molar-refractivity contribution in [2.45, 2.75) is 32.2 Å². The fraction of sp³-hybridized carbons (Fsp3) is 0.500. The SMILES string of the molecule is CCNc1ccnc(N2CCCC(c3nnc(Cn4ccnc4)n3C)C2)n1. The Balaban J connectivity index is 1.50. The van der Waals surface area contributed by atoms with Crippen LogP contribution in [-0.4, -0.2) is 53.9 Å². The fourth-order valence-corrected chi connectivity index (χ4v) is 3.56. The van der Waals surface area contributed by atoms with E-state index in [0.29, 0.717) is 12.5 Å². The zero-order valence-corrected chi connectivity index (χ0v) is 15.8. The van der Waals surface area contributed by atoms with E-state index >= 15 is 0 Å². The lowest BCUT2D eigenvalue weighted by atomic mass is 9.97. The molecular formula is C18H25N9. The first-order valence-corrected chi connectivity index (χ1v) is 9.40. The molecule has 0 saturated carbocycles. The van der Waals surface area contributed by atoms with E-state index in [1.54, 1.807) is 12.5 Å². The second-order valence-electron chi connectivity index (χ2n) is 6.83. The first-order chi connectivity index (χ1) is 13.2. The Bertz CT molecular complexity index is 871. The summed E-state index contributed by atoms with van der Waals surface area (Å²) in [7, 11) is 2.04. The van der Waals surface area contributed by atoms with Gasteiger partial charge in [-0.25, -0.2) is 9.97 Å². The van der Waals surface area contributed by atoms with Crippen molar-refractivity contribution in [2.24, 2.45) is 7.05 Å². The quantitative estimate of drug-likeness (QED) is 0.709. The highest BCUT2D eigenvalue weighted by Crippen LogP contribution is 2.28. The van der Waals surface area contributed by atoms with Crippen molar-refractivity contribution in [1.82, 2.24) is 34.3 Å². The molecule has 0 aliphatic carbocycles. The molecule has 1 aliphatic heterocycles. The van der Waals surface area contributed by atoms with Gasteiger partial charge in [0.15, 0.2) is 5.82 Å². The van der Waals surface area contributed by atoms with Crippen molar-refractivity contribution in [2.75, 3.05) is 29.9 Å². The number of rotatable bonds is 6. The van der Waals surface area contributed by atoms with Crippen molar-refractivity contribution in [1.29, 1.82) is 0 Å². The van der Waals surface area contributed by atoms with Gasteiger partial charge in [-0.1, -0.05) is 0 Å². The average molecular weight is 367 g/mol. The molecule has 1 aliphatic rings. The molecule has 9 nitrogen and oxygen atoms in total. The third kappa shape index (κ3) is 3.76. The van der Waals surface area contributed by atoms with Crippen LogP contribution < -0.4 is 10.2 Å². The summed E-state index contributed by atoms with van der Waals surface area (Å²) in [4.78, 5) is 15.5. The van der Waals surface area contributed by atoms with Crippen LogP contribution in [0.5, 0.6) is 0 Å². The maximum absolute atomic E-state index is 4.64. The molecule has 1 N–H and O–H groups in total. The van der Waals surface area contributed by atoms with Gasteiger partial charge in [0.1, 0.15) is 11.6 Å². The Labute approximate surface area is 158 Å². The summed E-state index contributed by atoms with van der Waals surface area (Å²) in [5.41, 5.74) is 0. The molecule has 9 heteroatoms. The summed E-state index contributed by atoms with van der Waals surface area (Å²) in [6.07, 6.45) is 9.51. The molecule has 3 aromatic rings. The number of imidazole rings is 1. The smallest absolute Gasteiger partial charge is 0.227 e. The van der Waals surface area contributed by atoms with E-state index in [0.717, 1.165) is 55.9 Å². The lowest BCUT2D eigenvalue weighted by molar-refractivity contribution is 0.473. The van der Waals surface area contributed by atoms with E-state index in [1.165, 1.54) is 0 Å². The minimum Gasteiger partial charge on any atom is -0.370 e. The van der Waals surface area contributed by atoms with Crippen molar-refractivity contribution < 1.29 is 0 Å². The van der Waals surface area contributed by atoms with E-state index in [4.69, 9.17) is 0 Å². The number of aromatic nitrogens is 7. The molecule has 4 rings (SSSR count). The van der Waals surface area contributed by atoms with Gasteiger partial charge in [-0.2, -0.15) is 4.98 Å². The van der Waals surface area contributed by atoms with Crippen molar-refractivity contribution >= 4 is 11.8 Å². The Morgan fingerprint density at radius 3 is 3.00 bits per heavy atom. The highest BCUT2D eigenvalue weighted by Gasteiger charge is 2.27. The third-order valence-electron chi connectivity index (χ3n) is 4.95. The van der Waals surface area contributed by atoms with Gasteiger partial charge < -0.3 is 19.4 Å². The van der Waals surface area contributed by atoms with Crippen LogP contribution in [0, 0.1) is 0 Å². The van der Waals surface area contributed by atoms with Crippen molar-refractivity contribution in [3.63, 3.8) is 0 Å².